The lowest BCUT2D eigenvalue weighted by Crippen LogP contribution is -2.64. The number of likely N-dealkylation sites (tertiary alicyclic amines) is 1. The number of piperazine rings is 1. The molecule has 2 atom stereocenters. The molecule has 3 aliphatic rings. The molecule has 1 saturated carbocycles. The van der Waals surface area contributed by atoms with Gasteiger partial charge in [-0.2, -0.15) is 0 Å². The Labute approximate surface area is 235 Å². The third kappa shape index (κ3) is 4.95. The number of aliphatic hydroxyl groups is 1. The summed E-state index contributed by atoms with van der Waals surface area (Å²) >= 11 is 0. The Bertz CT molecular complexity index is 1390. The molecule has 8 nitrogen and oxygen atoms in total. The minimum Gasteiger partial charge on any atom is -0.387 e. The van der Waals surface area contributed by atoms with Crippen molar-refractivity contribution < 1.29 is 9.90 Å². The van der Waals surface area contributed by atoms with Gasteiger partial charge in [-0.1, -0.05) is 73.5 Å². The van der Waals surface area contributed by atoms with E-state index in [1.807, 2.05) is 58.3 Å². The average Bonchev–Trinajstić information content (AvgIpc) is 3.46. The van der Waals surface area contributed by atoms with Crippen LogP contribution in [0, 0.1) is 5.41 Å². The fourth-order valence-electron chi connectivity index (χ4n) is 7.15. The van der Waals surface area contributed by atoms with Gasteiger partial charge in [0, 0.05) is 49.8 Å². The number of carbonyl (C=O) groups is 1. The number of amides is 2. The van der Waals surface area contributed by atoms with Gasteiger partial charge in [-0.3, -0.25) is 9.36 Å². The fourth-order valence-corrected chi connectivity index (χ4v) is 7.15. The molecule has 0 bridgehead atoms. The van der Waals surface area contributed by atoms with E-state index in [2.05, 4.69) is 29.1 Å². The number of nitrogens with zero attached hydrogens (tertiary/aromatic N) is 5. The summed E-state index contributed by atoms with van der Waals surface area (Å²) in [6, 6.07) is 21.5. The molecule has 8 heteroatoms. The Kier molecular flexibility index (Phi) is 7.23. The van der Waals surface area contributed by atoms with Gasteiger partial charge < -0.3 is 19.8 Å². The van der Waals surface area contributed by atoms with Crippen LogP contribution in [0.1, 0.15) is 43.7 Å². The Morgan fingerprint density at radius 1 is 0.975 bits per heavy atom. The van der Waals surface area contributed by atoms with Crippen LogP contribution in [0.3, 0.4) is 0 Å². The van der Waals surface area contributed by atoms with Crippen molar-refractivity contribution in [1.82, 2.24) is 24.3 Å². The fraction of sp³-hybridized carbons (Fsp3) is 0.469. The quantitative estimate of drug-likeness (QED) is 0.540. The van der Waals surface area contributed by atoms with Gasteiger partial charge in [-0.15, -0.1) is 0 Å². The normalized spacial score (nSPS) is 24.9. The summed E-state index contributed by atoms with van der Waals surface area (Å²) in [6.45, 7) is 3.49. The molecule has 2 unspecified atom stereocenters. The molecule has 3 heterocycles. The summed E-state index contributed by atoms with van der Waals surface area (Å²) < 4.78 is 1.55. The number of piperidine rings is 1. The van der Waals surface area contributed by atoms with Crippen molar-refractivity contribution in [2.45, 2.75) is 50.3 Å². The molecule has 40 heavy (non-hydrogen) atoms. The lowest BCUT2D eigenvalue weighted by Gasteiger charge is -2.53. The van der Waals surface area contributed by atoms with Crippen LogP contribution in [0.2, 0.25) is 0 Å². The maximum atomic E-state index is 14.1. The molecule has 3 fully saturated rings. The molecular weight excluding hydrogens is 502 g/mol. The standard InChI is InChI=1S/C32H39N5O3/c1-34-18-19-37(28(21-34)26-12-6-3-7-13-26)30(39)35-17-16-32(40,31(22-35)14-8-9-15-31)23-36-24-33-27(20-29(36)38)25-10-4-2-5-11-25/h2-7,10-13,20,24,28,40H,8-9,14-19,21-23H2,1H3. The van der Waals surface area contributed by atoms with Crippen molar-refractivity contribution in [3.8, 4) is 11.3 Å². The number of urea groups is 1. The Balaban J connectivity index is 1.23. The number of hydrogen-bond donors (Lipinski definition) is 1. The molecule has 2 saturated heterocycles. The number of rotatable bonds is 4. The molecule has 6 rings (SSSR count). The monoisotopic (exact) mass is 541 g/mol. The highest BCUT2D eigenvalue weighted by atomic mass is 16.3. The largest absolute Gasteiger partial charge is 0.387 e. The van der Waals surface area contributed by atoms with E-state index in [0.717, 1.165) is 49.9 Å². The van der Waals surface area contributed by atoms with Gasteiger partial charge in [0.25, 0.3) is 5.56 Å². The van der Waals surface area contributed by atoms with Gasteiger partial charge in [0.15, 0.2) is 0 Å². The van der Waals surface area contributed by atoms with Crippen molar-refractivity contribution in [3.05, 3.63) is 89.0 Å². The number of likely N-dealkylation sites (N-methyl/N-ethyl adjacent to an activating group) is 1. The van der Waals surface area contributed by atoms with Crippen LogP contribution in [0.5, 0.6) is 0 Å². The highest BCUT2D eigenvalue weighted by Crippen LogP contribution is 2.51. The second-order valence-electron chi connectivity index (χ2n) is 12.0. The van der Waals surface area contributed by atoms with E-state index >= 15 is 0 Å². The van der Waals surface area contributed by atoms with Crippen LogP contribution in [0.25, 0.3) is 11.3 Å². The SMILES string of the molecule is CN1CCN(C(=O)N2CCC(O)(Cn3cnc(-c4ccccc4)cc3=O)C3(CCCC3)C2)C(c2ccccc2)C1. The third-order valence-corrected chi connectivity index (χ3v) is 9.50. The van der Waals surface area contributed by atoms with Crippen molar-refractivity contribution in [1.29, 1.82) is 0 Å². The topological polar surface area (TPSA) is 81.9 Å². The molecule has 210 valence electrons. The smallest absolute Gasteiger partial charge is 0.320 e. The van der Waals surface area contributed by atoms with Crippen LogP contribution < -0.4 is 5.56 Å². The molecular formula is C32H39N5O3. The van der Waals surface area contributed by atoms with E-state index < -0.39 is 11.0 Å². The molecule has 1 aliphatic carbocycles. The van der Waals surface area contributed by atoms with Gasteiger partial charge in [-0.25, -0.2) is 9.78 Å². The summed E-state index contributed by atoms with van der Waals surface area (Å²) in [7, 11) is 2.11. The maximum Gasteiger partial charge on any atom is 0.320 e. The van der Waals surface area contributed by atoms with Crippen LogP contribution in [0.4, 0.5) is 4.79 Å². The van der Waals surface area contributed by atoms with Crippen LogP contribution in [-0.4, -0.2) is 80.8 Å². The lowest BCUT2D eigenvalue weighted by atomic mass is 9.66. The third-order valence-electron chi connectivity index (χ3n) is 9.50. The minimum absolute atomic E-state index is 0.000527. The second kappa shape index (κ2) is 10.8. The first-order valence-corrected chi connectivity index (χ1v) is 14.5. The van der Waals surface area contributed by atoms with E-state index in [1.54, 1.807) is 17.0 Å². The average molecular weight is 542 g/mol. The molecule has 2 aliphatic heterocycles. The zero-order chi connectivity index (χ0) is 27.7. The Hall–Kier alpha value is -3.49. The van der Waals surface area contributed by atoms with E-state index in [4.69, 9.17) is 0 Å². The molecule has 1 aromatic heterocycles. The first-order chi connectivity index (χ1) is 19.4. The predicted octanol–water partition coefficient (Wildman–Crippen LogP) is 4.02. The van der Waals surface area contributed by atoms with E-state index in [9.17, 15) is 14.7 Å². The summed E-state index contributed by atoms with van der Waals surface area (Å²) in [4.78, 5) is 38.0. The van der Waals surface area contributed by atoms with Gasteiger partial charge in [0.2, 0.25) is 0 Å². The highest BCUT2D eigenvalue weighted by Gasteiger charge is 2.56. The summed E-state index contributed by atoms with van der Waals surface area (Å²) in [5.74, 6) is 0. The predicted molar refractivity (Wildman–Crippen MR) is 155 cm³/mol. The number of hydrogen-bond acceptors (Lipinski definition) is 5. The van der Waals surface area contributed by atoms with Crippen LogP contribution in [0.15, 0.2) is 77.9 Å². The summed E-state index contributed by atoms with van der Waals surface area (Å²) in [6.07, 6.45) is 5.74. The first-order valence-electron chi connectivity index (χ1n) is 14.5. The van der Waals surface area contributed by atoms with E-state index in [-0.39, 0.29) is 24.2 Å². The van der Waals surface area contributed by atoms with E-state index in [1.165, 1.54) is 0 Å². The summed E-state index contributed by atoms with van der Waals surface area (Å²) in [5.41, 5.74) is 0.982. The van der Waals surface area contributed by atoms with Crippen molar-refractivity contribution in [3.63, 3.8) is 0 Å². The Morgan fingerprint density at radius 2 is 1.68 bits per heavy atom. The van der Waals surface area contributed by atoms with Gasteiger partial charge in [0.1, 0.15) is 0 Å². The minimum atomic E-state index is -1.08. The highest BCUT2D eigenvalue weighted by molar-refractivity contribution is 5.75. The number of aromatic nitrogens is 2. The molecule has 2 amide bonds. The lowest BCUT2D eigenvalue weighted by molar-refractivity contribution is -0.137. The van der Waals surface area contributed by atoms with E-state index in [0.29, 0.717) is 31.7 Å². The maximum absolute atomic E-state index is 14.1. The van der Waals surface area contributed by atoms with Crippen LogP contribution in [-0.2, 0) is 6.54 Å². The van der Waals surface area contributed by atoms with Gasteiger partial charge >= 0.3 is 6.03 Å². The van der Waals surface area contributed by atoms with Gasteiger partial charge in [-0.05, 0) is 31.9 Å². The molecule has 3 aromatic rings. The van der Waals surface area contributed by atoms with Gasteiger partial charge in [0.05, 0.1) is 30.2 Å². The molecule has 1 spiro atoms. The number of carbonyl (C=O) groups excluding carboxylic acids is 1. The Morgan fingerprint density at radius 3 is 2.38 bits per heavy atom. The molecule has 1 N–H and O–H groups in total. The van der Waals surface area contributed by atoms with Crippen molar-refractivity contribution in [2.75, 3.05) is 39.8 Å². The summed E-state index contributed by atoms with van der Waals surface area (Å²) in [5, 5.41) is 12.2. The van der Waals surface area contributed by atoms with Crippen molar-refractivity contribution >= 4 is 6.03 Å². The van der Waals surface area contributed by atoms with Crippen LogP contribution >= 0.6 is 0 Å². The number of benzene rings is 2. The molecule has 2 aromatic carbocycles. The van der Waals surface area contributed by atoms with Crippen molar-refractivity contribution in [2.24, 2.45) is 5.41 Å². The zero-order valence-electron chi connectivity index (χ0n) is 23.3. The molecule has 0 radical (unpaired) electrons. The second-order valence-corrected chi connectivity index (χ2v) is 12.0. The first kappa shape index (κ1) is 26.7. The zero-order valence-corrected chi connectivity index (χ0v) is 23.3.